The summed E-state index contributed by atoms with van der Waals surface area (Å²) in [5.74, 6) is -0.529. The van der Waals surface area contributed by atoms with Crippen LogP contribution in [0.1, 0.15) is 16.8 Å². The van der Waals surface area contributed by atoms with Gasteiger partial charge >= 0.3 is 0 Å². The highest BCUT2D eigenvalue weighted by atomic mass is 16.3. The summed E-state index contributed by atoms with van der Waals surface area (Å²) in [7, 11) is 0. The average molecular weight is 221 g/mol. The predicted octanol–water partition coefficient (Wildman–Crippen LogP) is -0.0613. The molecule has 1 aromatic carbocycles. The Morgan fingerprint density at radius 2 is 2.25 bits per heavy atom. The number of amides is 1. The van der Waals surface area contributed by atoms with Gasteiger partial charge in [0.15, 0.2) is 0 Å². The van der Waals surface area contributed by atoms with Crippen LogP contribution in [0, 0.1) is 0 Å². The third kappa shape index (κ3) is 1.94. The first kappa shape index (κ1) is 10.8. The Kier molecular flexibility index (Phi) is 2.70. The van der Waals surface area contributed by atoms with Crippen LogP contribution in [0.4, 0.5) is 11.4 Å². The SMILES string of the molecule is NC(=O)c1cc(N2CCC(O)C2)ccc1N. The molecule has 0 radical (unpaired) electrons. The number of rotatable bonds is 2. The number of benzene rings is 1. The van der Waals surface area contributed by atoms with E-state index in [2.05, 4.69) is 0 Å². The number of nitrogen functional groups attached to an aromatic ring is 1. The van der Waals surface area contributed by atoms with Gasteiger partial charge in [-0.1, -0.05) is 0 Å². The molecule has 1 aliphatic heterocycles. The van der Waals surface area contributed by atoms with Crippen molar-refractivity contribution in [2.45, 2.75) is 12.5 Å². The van der Waals surface area contributed by atoms with Gasteiger partial charge in [0, 0.05) is 24.5 Å². The van der Waals surface area contributed by atoms with Crippen molar-refractivity contribution in [3.05, 3.63) is 23.8 Å². The lowest BCUT2D eigenvalue weighted by atomic mass is 10.1. The lowest BCUT2D eigenvalue weighted by Crippen LogP contribution is -2.22. The number of anilines is 2. The van der Waals surface area contributed by atoms with Crippen LogP contribution in [0.3, 0.4) is 0 Å². The highest BCUT2D eigenvalue weighted by molar-refractivity contribution is 5.99. The van der Waals surface area contributed by atoms with E-state index in [1.165, 1.54) is 0 Å². The summed E-state index contributed by atoms with van der Waals surface area (Å²) in [4.78, 5) is 13.1. The molecular formula is C11H15N3O2. The van der Waals surface area contributed by atoms with Crippen LogP contribution in [0.5, 0.6) is 0 Å². The molecule has 0 saturated carbocycles. The number of carbonyl (C=O) groups is 1. The maximum absolute atomic E-state index is 11.1. The van der Waals surface area contributed by atoms with Gasteiger partial charge in [-0.15, -0.1) is 0 Å². The molecule has 0 aromatic heterocycles. The van der Waals surface area contributed by atoms with Gasteiger partial charge in [-0.2, -0.15) is 0 Å². The Bertz CT molecular complexity index is 420. The minimum atomic E-state index is -0.529. The fraction of sp³-hybridized carbons (Fsp3) is 0.364. The van der Waals surface area contributed by atoms with Crippen molar-refractivity contribution in [1.82, 2.24) is 0 Å². The number of primary amides is 1. The van der Waals surface area contributed by atoms with Gasteiger partial charge in [0.2, 0.25) is 0 Å². The fourth-order valence-corrected chi connectivity index (χ4v) is 1.93. The van der Waals surface area contributed by atoms with Crippen molar-refractivity contribution in [3.63, 3.8) is 0 Å². The molecule has 1 saturated heterocycles. The van der Waals surface area contributed by atoms with Crippen LogP contribution in [-0.2, 0) is 0 Å². The molecule has 1 aromatic rings. The summed E-state index contributed by atoms with van der Waals surface area (Å²) in [6, 6.07) is 5.18. The third-order valence-electron chi connectivity index (χ3n) is 2.83. The Morgan fingerprint density at radius 3 is 2.81 bits per heavy atom. The van der Waals surface area contributed by atoms with E-state index in [0.29, 0.717) is 17.8 Å². The summed E-state index contributed by atoms with van der Waals surface area (Å²) in [6.07, 6.45) is 0.450. The second kappa shape index (κ2) is 4.02. The lowest BCUT2D eigenvalue weighted by molar-refractivity contribution is 0.100. The first-order valence-electron chi connectivity index (χ1n) is 5.20. The topological polar surface area (TPSA) is 92.6 Å². The number of β-amino-alcohol motifs (C(OH)–C–C–N with tert-alkyl or cyclic N) is 1. The number of hydrogen-bond acceptors (Lipinski definition) is 4. The van der Waals surface area contributed by atoms with E-state index in [4.69, 9.17) is 11.5 Å². The average Bonchev–Trinajstić information content (AvgIpc) is 2.65. The van der Waals surface area contributed by atoms with Crippen LogP contribution in [0.2, 0.25) is 0 Å². The summed E-state index contributed by atoms with van der Waals surface area (Å²) in [6.45, 7) is 1.37. The maximum Gasteiger partial charge on any atom is 0.250 e. The Labute approximate surface area is 93.6 Å². The quantitative estimate of drug-likeness (QED) is 0.610. The molecule has 0 bridgehead atoms. The van der Waals surface area contributed by atoms with Gasteiger partial charge in [-0.25, -0.2) is 0 Å². The highest BCUT2D eigenvalue weighted by Gasteiger charge is 2.21. The summed E-state index contributed by atoms with van der Waals surface area (Å²) in [5, 5.41) is 9.44. The summed E-state index contributed by atoms with van der Waals surface area (Å²) in [5.41, 5.74) is 12.5. The molecule has 1 aliphatic rings. The molecule has 1 amide bonds. The smallest absolute Gasteiger partial charge is 0.250 e. The highest BCUT2D eigenvalue weighted by Crippen LogP contribution is 2.24. The standard InChI is InChI=1S/C11H15N3O2/c12-10-2-1-7(5-9(10)11(13)16)14-4-3-8(15)6-14/h1-2,5,8,15H,3-4,6,12H2,(H2,13,16). The van der Waals surface area contributed by atoms with Crippen molar-refractivity contribution < 1.29 is 9.90 Å². The van der Waals surface area contributed by atoms with Crippen molar-refractivity contribution in [3.8, 4) is 0 Å². The normalized spacial score (nSPS) is 20.1. The zero-order valence-electron chi connectivity index (χ0n) is 8.89. The Hall–Kier alpha value is -1.75. The molecule has 1 fully saturated rings. The van der Waals surface area contributed by atoms with Crippen molar-refractivity contribution in [2.24, 2.45) is 5.73 Å². The molecule has 5 nitrogen and oxygen atoms in total. The minimum Gasteiger partial charge on any atom is -0.398 e. The largest absolute Gasteiger partial charge is 0.398 e. The van der Waals surface area contributed by atoms with Crippen molar-refractivity contribution in [1.29, 1.82) is 0 Å². The molecule has 2 rings (SSSR count). The first-order chi connectivity index (χ1) is 7.58. The first-order valence-corrected chi connectivity index (χ1v) is 5.20. The molecule has 86 valence electrons. The molecular weight excluding hydrogens is 206 g/mol. The Morgan fingerprint density at radius 1 is 1.50 bits per heavy atom. The molecule has 1 heterocycles. The van der Waals surface area contributed by atoms with Crippen LogP contribution in [-0.4, -0.2) is 30.2 Å². The van der Waals surface area contributed by atoms with E-state index >= 15 is 0 Å². The molecule has 1 atom stereocenters. The van der Waals surface area contributed by atoms with Crippen molar-refractivity contribution >= 4 is 17.3 Å². The molecule has 5 N–H and O–H groups in total. The number of nitrogens with zero attached hydrogens (tertiary/aromatic N) is 1. The second-order valence-corrected chi connectivity index (χ2v) is 4.02. The van der Waals surface area contributed by atoms with Gasteiger partial charge in [-0.3, -0.25) is 4.79 Å². The predicted molar refractivity (Wildman–Crippen MR) is 62.2 cm³/mol. The fourth-order valence-electron chi connectivity index (χ4n) is 1.93. The van der Waals surface area contributed by atoms with Crippen LogP contribution < -0.4 is 16.4 Å². The molecule has 5 heteroatoms. The monoisotopic (exact) mass is 221 g/mol. The van der Waals surface area contributed by atoms with Gasteiger partial charge in [0.25, 0.3) is 5.91 Å². The summed E-state index contributed by atoms with van der Waals surface area (Å²) < 4.78 is 0. The van der Waals surface area contributed by atoms with Crippen molar-refractivity contribution in [2.75, 3.05) is 23.7 Å². The number of hydrogen-bond donors (Lipinski definition) is 3. The molecule has 16 heavy (non-hydrogen) atoms. The van der Waals surface area contributed by atoms with E-state index in [1.807, 2.05) is 11.0 Å². The number of aliphatic hydroxyl groups is 1. The Balaban J connectivity index is 2.29. The van der Waals surface area contributed by atoms with Gasteiger partial charge in [-0.05, 0) is 24.6 Å². The zero-order valence-corrected chi connectivity index (χ0v) is 8.89. The van der Waals surface area contributed by atoms with E-state index in [-0.39, 0.29) is 6.10 Å². The maximum atomic E-state index is 11.1. The van der Waals surface area contributed by atoms with E-state index in [9.17, 15) is 9.90 Å². The van der Waals surface area contributed by atoms with E-state index in [0.717, 1.165) is 18.7 Å². The third-order valence-corrected chi connectivity index (χ3v) is 2.83. The van der Waals surface area contributed by atoms with Crippen LogP contribution in [0.15, 0.2) is 18.2 Å². The lowest BCUT2D eigenvalue weighted by Gasteiger charge is -2.18. The summed E-state index contributed by atoms with van der Waals surface area (Å²) >= 11 is 0. The second-order valence-electron chi connectivity index (χ2n) is 4.02. The zero-order chi connectivity index (χ0) is 11.7. The molecule has 0 aliphatic carbocycles. The molecule has 1 unspecified atom stereocenters. The number of aliphatic hydroxyl groups excluding tert-OH is 1. The van der Waals surface area contributed by atoms with E-state index in [1.54, 1.807) is 12.1 Å². The van der Waals surface area contributed by atoms with Gasteiger partial charge in [0.05, 0.1) is 11.7 Å². The molecule has 0 spiro atoms. The minimum absolute atomic E-state index is 0.297. The van der Waals surface area contributed by atoms with Gasteiger partial charge < -0.3 is 21.5 Å². The number of nitrogens with two attached hydrogens (primary N) is 2. The van der Waals surface area contributed by atoms with Gasteiger partial charge in [0.1, 0.15) is 0 Å². The number of carbonyl (C=O) groups excluding carboxylic acids is 1. The van der Waals surface area contributed by atoms with Crippen LogP contribution in [0.25, 0.3) is 0 Å². The van der Waals surface area contributed by atoms with E-state index < -0.39 is 5.91 Å². The van der Waals surface area contributed by atoms with Crippen LogP contribution >= 0.6 is 0 Å².